The van der Waals surface area contributed by atoms with Gasteiger partial charge in [-0.2, -0.15) is 0 Å². The van der Waals surface area contributed by atoms with Crippen molar-refractivity contribution in [1.82, 2.24) is 4.98 Å². The van der Waals surface area contributed by atoms with Crippen LogP contribution in [0.1, 0.15) is 34.4 Å². The molecule has 1 heterocycles. The lowest BCUT2D eigenvalue weighted by molar-refractivity contribution is 0.159. The number of aryl methyl sites for hydroxylation is 1. The molecule has 0 aliphatic rings. The number of para-hydroxylation sites is 1. The van der Waals surface area contributed by atoms with Crippen molar-refractivity contribution in [2.45, 2.75) is 18.9 Å². The second kappa shape index (κ2) is 6.58. The number of hydrogen-bond acceptors (Lipinski definition) is 1. The Balaban J connectivity index is 1.93. The van der Waals surface area contributed by atoms with Gasteiger partial charge in [-0.25, -0.2) is 0 Å². The molecule has 4 rings (SSSR count). The molecular weight excluding hydrogens is 306 g/mol. The van der Waals surface area contributed by atoms with E-state index in [1.807, 2.05) is 54.6 Å². The molecule has 0 unspecified atom stereocenters. The molecule has 0 aliphatic carbocycles. The molecule has 0 saturated carbocycles. The van der Waals surface area contributed by atoms with E-state index in [1.165, 1.54) is 5.39 Å². The van der Waals surface area contributed by atoms with Gasteiger partial charge in [0, 0.05) is 22.5 Å². The largest absolute Gasteiger partial charge is 0.387 e. The van der Waals surface area contributed by atoms with Gasteiger partial charge in [-0.1, -0.05) is 78.9 Å². The fourth-order valence-electron chi connectivity index (χ4n) is 3.71. The second-order valence-corrected chi connectivity index (χ2v) is 6.45. The summed E-state index contributed by atoms with van der Waals surface area (Å²) in [4.78, 5) is 3.47. The lowest BCUT2D eigenvalue weighted by Gasteiger charge is -2.25. The van der Waals surface area contributed by atoms with Gasteiger partial charge >= 0.3 is 0 Å². The molecule has 0 radical (unpaired) electrons. The van der Waals surface area contributed by atoms with Crippen molar-refractivity contribution in [3.63, 3.8) is 0 Å². The van der Waals surface area contributed by atoms with Gasteiger partial charge in [0.15, 0.2) is 0 Å². The average Bonchev–Trinajstić information content (AvgIpc) is 3.00. The summed E-state index contributed by atoms with van der Waals surface area (Å²) in [5.41, 5.74) is 5.42. The Labute approximate surface area is 147 Å². The van der Waals surface area contributed by atoms with E-state index in [0.717, 1.165) is 27.9 Å². The van der Waals surface area contributed by atoms with E-state index < -0.39 is 6.10 Å². The van der Waals surface area contributed by atoms with Crippen LogP contribution >= 0.6 is 0 Å². The van der Waals surface area contributed by atoms with Gasteiger partial charge in [-0.15, -0.1) is 0 Å². The first kappa shape index (κ1) is 15.7. The summed E-state index contributed by atoms with van der Waals surface area (Å²) in [6.07, 6.45) is -0.610. The fraction of sp³-hybridized carbons (Fsp3) is 0.130. The molecule has 124 valence electrons. The number of H-pyrrole nitrogens is 1. The Morgan fingerprint density at radius 1 is 0.720 bits per heavy atom. The van der Waals surface area contributed by atoms with Crippen LogP contribution in [0.25, 0.3) is 10.9 Å². The zero-order valence-corrected chi connectivity index (χ0v) is 14.2. The number of fused-ring (bicyclic) bond motifs is 1. The number of aliphatic hydroxyl groups excluding tert-OH is 1. The third kappa shape index (κ3) is 2.86. The van der Waals surface area contributed by atoms with Gasteiger partial charge in [-0.3, -0.25) is 0 Å². The van der Waals surface area contributed by atoms with Crippen molar-refractivity contribution in [3.05, 3.63) is 107 Å². The molecule has 2 atom stereocenters. The number of aromatic nitrogens is 1. The Kier molecular flexibility index (Phi) is 4.12. The fourth-order valence-corrected chi connectivity index (χ4v) is 3.71. The van der Waals surface area contributed by atoms with Crippen LogP contribution in [0.3, 0.4) is 0 Å². The van der Waals surface area contributed by atoms with Gasteiger partial charge in [0.1, 0.15) is 0 Å². The zero-order chi connectivity index (χ0) is 17.2. The molecule has 0 amide bonds. The van der Waals surface area contributed by atoms with E-state index in [0.29, 0.717) is 0 Å². The van der Waals surface area contributed by atoms with Crippen molar-refractivity contribution in [3.8, 4) is 0 Å². The van der Waals surface area contributed by atoms with Gasteiger partial charge in [-0.05, 0) is 29.7 Å². The van der Waals surface area contributed by atoms with Crippen LogP contribution in [0.2, 0.25) is 0 Å². The molecule has 2 heteroatoms. The molecule has 3 aromatic carbocycles. The Hall–Kier alpha value is -2.84. The van der Waals surface area contributed by atoms with E-state index in [9.17, 15) is 5.11 Å². The van der Waals surface area contributed by atoms with Crippen LogP contribution in [0, 0.1) is 6.92 Å². The van der Waals surface area contributed by atoms with Crippen LogP contribution in [0.5, 0.6) is 0 Å². The predicted octanol–water partition coefficient (Wildman–Crippen LogP) is 5.34. The van der Waals surface area contributed by atoms with Crippen LogP contribution in [0.4, 0.5) is 0 Å². The monoisotopic (exact) mass is 327 g/mol. The highest BCUT2D eigenvalue weighted by atomic mass is 16.3. The van der Waals surface area contributed by atoms with Crippen LogP contribution < -0.4 is 0 Å². The van der Waals surface area contributed by atoms with Crippen LogP contribution in [-0.2, 0) is 0 Å². The molecule has 0 bridgehead atoms. The first-order valence-corrected chi connectivity index (χ1v) is 8.61. The predicted molar refractivity (Wildman–Crippen MR) is 103 cm³/mol. The summed E-state index contributed by atoms with van der Waals surface area (Å²) in [5.74, 6) is -0.125. The smallest absolute Gasteiger partial charge is 0.0900 e. The first-order chi connectivity index (χ1) is 12.3. The first-order valence-electron chi connectivity index (χ1n) is 8.61. The molecule has 2 N–H and O–H groups in total. The van der Waals surface area contributed by atoms with Crippen molar-refractivity contribution in [1.29, 1.82) is 0 Å². The maximum absolute atomic E-state index is 11.3. The number of benzene rings is 3. The van der Waals surface area contributed by atoms with Crippen molar-refractivity contribution >= 4 is 10.9 Å². The average molecular weight is 327 g/mol. The molecule has 0 spiro atoms. The second-order valence-electron chi connectivity index (χ2n) is 6.45. The molecule has 4 aromatic rings. The molecule has 0 fully saturated rings. The lowest BCUT2D eigenvalue weighted by atomic mass is 9.82. The lowest BCUT2D eigenvalue weighted by Crippen LogP contribution is -2.13. The number of rotatable bonds is 4. The summed E-state index contributed by atoms with van der Waals surface area (Å²) in [6, 6.07) is 28.5. The van der Waals surface area contributed by atoms with E-state index in [4.69, 9.17) is 0 Å². The highest BCUT2D eigenvalue weighted by molar-refractivity contribution is 5.85. The maximum atomic E-state index is 11.3. The Bertz CT molecular complexity index is 973. The molecule has 1 aromatic heterocycles. The van der Waals surface area contributed by atoms with Gasteiger partial charge in [0.2, 0.25) is 0 Å². The zero-order valence-electron chi connectivity index (χ0n) is 14.2. The number of aromatic amines is 1. The number of hydrogen-bond donors (Lipinski definition) is 2. The van der Waals surface area contributed by atoms with E-state index >= 15 is 0 Å². The van der Waals surface area contributed by atoms with E-state index in [-0.39, 0.29) is 5.92 Å². The minimum absolute atomic E-state index is 0.125. The highest BCUT2D eigenvalue weighted by Crippen LogP contribution is 2.41. The van der Waals surface area contributed by atoms with Gasteiger partial charge < -0.3 is 10.1 Å². The summed E-state index contributed by atoms with van der Waals surface area (Å²) < 4.78 is 0. The van der Waals surface area contributed by atoms with Gasteiger partial charge in [0.25, 0.3) is 0 Å². The van der Waals surface area contributed by atoms with Crippen LogP contribution in [0.15, 0.2) is 84.9 Å². The van der Waals surface area contributed by atoms with Gasteiger partial charge in [0.05, 0.1) is 6.10 Å². The summed E-state index contributed by atoms with van der Waals surface area (Å²) >= 11 is 0. The topological polar surface area (TPSA) is 36.0 Å². The molecule has 0 aliphatic heterocycles. The summed E-state index contributed by atoms with van der Waals surface area (Å²) in [6.45, 7) is 2.09. The SMILES string of the molecule is Cc1[nH]c2ccccc2c1[C@@H](c1ccccc1)[C@@H](O)c1ccccc1. The normalized spacial score (nSPS) is 13.7. The van der Waals surface area contributed by atoms with Crippen molar-refractivity contribution in [2.24, 2.45) is 0 Å². The number of aliphatic hydroxyl groups is 1. The minimum atomic E-state index is -0.610. The third-order valence-electron chi connectivity index (χ3n) is 4.87. The standard InChI is InChI=1S/C23H21NO/c1-16-21(19-14-8-9-15-20(19)24-16)22(17-10-4-2-5-11-17)23(25)18-12-6-3-7-13-18/h2-15,22-25H,1H3/t22-,23+/m1/s1. The molecular formula is C23H21NO. The molecule has 0 saturated heterocycles. The van der Waals surface area contributed by atoms with Crippen molar-refractivity contribution < 1.29 is 5.11 Å². The summed E-state index contributed by atoms with van der Waals surface area (Å²) in [7, 11) is 0. The maximum Gasteiger partial charge on any atom is 0.0900 e. The van der Waals surface area contributed by atoms with Crippen molar-refractivity contribution in [2.75, 3.05) is 0 Å². The van der Waals surface area contributed by atoms with E-state index in [1.54, 1.807) is 0 Å². The third-order valence-corrected chi connectivity index (χ3v) is 4.87. The molecule has 25 heavy (non-hydrogen) atoms. The Morgan fingerprint density at radius 3 is 1.96 bits per heavy atom. The summed E-state index contributed by atoms with van der Waals surface area (Å²) in [5, 5.41) is 12.4. The number of nitrogens with one attached hydrogen (secondary N) is 1. The van der Waals surface area contributed by atoms with E-state index in [2.05, 4.69) is 42.2 Å². The Morgan fingerprint density at radius 2 is 1.28 bits per heavy atom. The molecule has 2 nitrogen and oxygen atoms in total. The highest BCUT2D eigenvalue weighted by Gasteiger charge is 2.28. The quantitative estimate of drug-likeness (QED) is 0.521. The van der Waals surface area contributed by atoms with Crippen LogP contribution in [-0.4, -0.2) is 10.1 Å². The minimum Gasteiger partial charge on any atom is -0.387 e.